The normalized spacial score (nSPS) is 12.3. The number of ether oxygens (including phenoxy) is 1. The summed E-state index contributed by atoms with van der Waals surface area (Å²) in [6, 6.07) is 10.3. The monoisotopic (exact) mass is 342 g/mol. The van der Waals surface area contributed by atoms with Gasteiger partial charge >= 0.3 is 0 Å². The minimum absolute atomic E-state index is 0.258. The van der Waals surface area contributed by atoms with E-state index in [-0.39, 0.29) is 11.2 Å². The van der Waals surface area contributed by atoms with E-state index < -0.39 is 0 Å². The second-order valence-electron chi connectivity index (χ2n) is 4.25. The van der Waals surface area contributed by atoms with Gasteiger partial charge < -0.3 is 4.74 Å². The molecule has 0 fully saturated rings. The third kappa shape index (κ3) is 3.10. The van der Waals surface area contributed by atoms with Crippen molar-refractivity contribution >= 4 is 27.5 Å². The fraction of sp³-hybridized carbons (Fsp3) is 0.200. The van der Waals surface area contributed by atoms with Gasteiger partial charge in [-0.3, -0.25) is 0 Å². The van der Waals surface area contributed by atoms with Crippen LogP contribution in [-0.4, -0.2) is 7.11 Å². The molecule has 0 aliphatic carbocycles. The molecule has 0 aromatic heterocycles. The number of rotatable bonds is 3. The van der Waals surface area contributed by atoms with Crippen molar-refractivity contribution < 1.29 is 9.13 Å². The minimum atomic E-state index is -0.381. The average Bonchev–Trinajstić information content (AvgIpc) is 2.38. The van der Waals surface area contributed by atoms with Crippen LogP contribution in [0.5, 0.6) is 5.75 Å². The van der Waals surface area contributed by atoms with Crippen molar-refractivity contribution in [2.24, 2.45) is 0 Å². The van der Waals surface area contributed by atoms with Gasteiger partial charge in [0.15, 0.2) is 0 Å². The highest BCUT2D eigenvalue weighted by atomic mass is 79.9. The lowest BCUT2D eigenvalue weighted by molar-refractivity contribution is 0.410. The molecule has 0 N–H and O–H groups in total. The van der Waals surface area contributed by atoms with E-state index in [4.69, 9.17) is 16.3 Å². The first-order valence-corrected chi connectivity index (χ1v) is 6.99. The lowest BCUT2D eigenvalue weighted by atomic mass is 9.99. The Labute approximate surface area is 125 Å². The average molecular weight is 344 g/mol. The Morgan fingerprint density at radius 3 is 2.53 bits per heavy atom. The molecular weight excluding hydrogens is 331 g/mol. The molecule has 0 bridgehead atoms. The van der Waals surface area contributed by atoms with Crippen LogP contribution in [0.2, 0.25) is 0 Å². The van der Waals surface area contributed by atoms with Crippen molar-refractivity contribution in [3.63, 3.8) is 0 Å². The van der Waals surface area contributed by atoms with Crippen LogP contribution in [0.3, 0.4) is 0 Å². The SMILES string of the molecule is COc1ccc(Br)cc1C(Cl)c1ccc(F)cc1C. The first-order chi connectivity index (χ1) is 9.02. The topological polar surface area (TPSA) is 9.23 Å². The maximum atomic E-state index is 13.1. The summed E-state index contributed by atoms with van der Waals surface area (Å²) in [4.78, 5) is 0. The number of methoxy groups -OCH3 is 1. The van der Waals surface area contributed by atoms with E-state index in [0.717, 1.165) is 21.2 Å². The lowest BCUT2D eigenvalue weighted by Crippen LogP contribution is -2.00. The van der Waals surface area contributed by atoms with Gasteiger partial charge in [0.05, 0.1) is 12.5 Å². The van der Waals surface area contributed by atoms with Crippen molar-refractivity contribution in [1.29, 1.82) is 0 Å². The highest BCUT2D eigenvalue weighted by Gasteiger charge is 2.18. The van der Waals surface area contributed by atoms with Crippen molar-refractivity contribution in [2.75, 3.05) is 7.11 Å². The first-order valence-electron chi connectivity index (χ1n) is 5.76. The molecule has 0 saturated carbocycles. The zero-order valence-electron chi connectivity index (χ0n) is 10.6. The summed E-state index contributed by atoms with van der Waals surface area (Å²) in [5.74, 6) is 0.457. The van der Waals surface area contributed by atoms with Crippen LogP contribution in [0.15, 0.2) is 40.9 Å². The number of halogens is 3. The van der Waals surface area contributed by atoms with Gasteiger partial charge in [-0.25, -0.2) is 4.39 Å². The predicted molar refractivity (Wildman–Crippen MR) is 79.5 cm³/mol. The summed E-state index contributed by atoms with van der Waals surface area (Å²) in [5, 5.41) is -0.381. The van der Waals surface area contributed by atoms with E-state index in [0.29, 0.717) is 5.75 Å². The van der Waals surface area contributed by atoms with Gasteiger partial charge in [-0.05, 0) is 48.4 Å². The highest BCUT2D eigenvalue weighted by molar-refractivity contribution is 9.10. The maximum absolute atomic E-state index is 13.1. The molecule has 0 aliphatic heterocycles. The summed E-state index contributed by atoms with van der Waals surface area (Å²) in [6.45, 7) is 1.85. The Morgan fingerprint density at radius 2 is 1.89 bits per heavy atom. The molecule has 4 heteroatoms. The second kappa shape index (κ2) is 5.93. The van der Waals surface area contributed by atoms with Crippen LogP contribution >= 0.6 is 27.5 Å². The van der Waals surface area contributed by atoms with Crippen LogP contribution in [-0.2, 0) is 0 Å². The van der Waals surface area contributed by atoms with Crippen LogP contribution in [0.1, 0.15) is 22.1 Å². The van der Waals surface area contributed by atoms with Crippen molar-refractivity contribution in [1.82, 2.24) is 0 Å². The van der Waals surface area contributed by atoms with Gasteiger partial charge in [-0.15, -0.1) is 11.6 Å². The lowest BCUT2D eigenvalue weighted by Gasteiger charge is -2.16. The van der Waals surface area contributed by atoms with Gasteiger partial charge in [0.25, 0.3) is 0 Å². The van der Waals surface area contributed by atoms with Crippen molar-refractivity contribution in [3.05, 3.63) is 63.4 Å². The first kappa shape index (κ1) is 14.4. The predicted octanol–water partition coefficient (Wildman–Crippen LogP) is 5.23. The molecule has 1 nitrogen and oxygen atoms in total. The summed E-state index contributed by atoms with van der Waals surface area (Å²) in [5.41, 5.74) is 2.55. The molecule has 2 aromatic rings. The van der Waals surface area contributed by atoms with E-state index in [2.05, 4.69) is 15.9 Å². The molecule has 0 radical (unpaired) electrons. The number of alkyl halides is 1. The zero-order valence-corrected chi connectivity index (χ0v) is 12.9. The Balaban J connectivity index is 2.49. The molecular formula is C15H13BrClFO. The van der Waals surface area contributed by atoms with Crippen LogP contribution in [0, 0.1) is 12.7 Å². The number of hydrogen-bond donors (Lipinski definition) is 0. The summed E-state index contributed by atoms with van der Waals surface area (Å²) in [7, 11) is 1.61. The largest absolute Gasteiger partial charge is 0.496 e. The third-order valence-corrected chi connectivity index (χ3v) is 3.93. The fourth-order valence-electron chi connectivity index (χ4n) is 1.99. The molecule has 1 atom stereocenters. The Morgan fingerprint density at radius 1 is 1.16 bits per heavy atom. The smallest absolute Gasteiger partial charge is 0.123 e. The van der Waals surface area contributed by atoms with Gasteiger partial charge in [0.1, 0.15) is 11.6 Å². The van der Waals surface area contributed by atoms with E-state index in [1.165, 1.54) is 12.1 Å². The van der Waals surface area contributed by atoms with Crippen LogP contribution in [0.25, 0.3) is 0 Å². The number of hydrogen-bond acceptors (Lipinski definition) is 1. The van der Waals surface area contributed by atoms with Crippen LogP contribution in [0.4, 0.5) is 4.39 Å². The molecule has 2 rings (SSSR count). The Bertz CT molecular complexity index is 601. The zero-order chi connectivity index (χ0) is 14.0. The molecule has 19 heavy (non-hydrogen) atoms. The van der Waals surface area contributed by atoms with Gasteiger partial charge in [0.2, 0.25) is 0 Å². The van der Waals surface area contributed by atoms with Gasteiger partial charge in [-0.1, -0.05) is 22.0 Å². The standard InChI is InChI=1S/C15H13BrClFO/c1-9-7-11(18)4-5-12(9)15(17)13-8-10(16)3-6-14(13)19-2/h3-8,15H,1-2H3. The molecule has 0 saturated heterocycles. The summed E-state index contributed by atoms with van der Waals surface area (Å²) < 4.78 is 19.4. The number of benzene rings is 2. The van der Waals surface area contributed by atoms with Gasteiger partial charge in [0, 0.05) is 10.0 Å². The molecule has 0 amide bonds. The van der Waals surface area contributed by atoms with Gasteiger partial charge in [-0.2, -0.15) is 0 Å². The van der Waals surface area contributed by atoms with Crippen molar-refractivity contribution in [2.45, 2.75) is 12.3 Å². The van der Waals surface area contributed by atoms with E-state index >= 15 is 0 Å². The van der Waals surface area contributed by atoms with Crippen LogP contribution < -0.4 is 4.74 Å². The summed E-state index contributed by atoms with van der Waals surface area (Å²) >= 11 is 9.94. The number of aryl methyl sites for hydroxylation is 1. The fourth-order valence-corrected chi connectivity index (χ4v) is 2.79. The van der Waals surface area contributed by atoms with E-state index in [9.17, 15) is 4.39 Å². The second-order valence-corrected chi connectivity index (χ2v) is 5.60. The third-order valence-electron chi connectivity index (χ3n) is 2.97. The molecule has 0 heterocycles. The molecule has 2 aromatic carbocycles. The minimum Gasteiger partial charge on any atom is -0.496 e. The molecule has 0 aliphatic rings. The molecule has 100 valence electrons. The maximum Gasteiger partial charge on any atom is 0.123 e. The van der Waals surface area contributed by atoms with Crippen molar-refractivity contribution in [3.8, 4) is 5.75 Å². The molecule has 1 unspecified atom stereocenters. The van der Waals surface area contributed by atoms with E-state index in [1.807, 2.05) is 25.1 Å². The summed E-state index contributed by atoms with van der Waals surface area (Å²) in [6.07, 6.45) is 0. The Kier molecular flexibility index (Phi) is 4.48. The quantitative estimate of drug-likeness (QED) is 0.693. The molecule has 0 spiro atoms. The van der Waals surface area contributed by atoms with E-state index in [1.54, 1.807) is 13.2 Å². The highest BCUT2D eigenvalue weighted by Crippen LogP contribution is 2.38. The Hall–Kier alpha value is -1.06.